The average molecular weight is 191 g/mol. The van der Waals surface area contributed by atoms with Gasteiger partial charge in [-0.15, -0.1) is 0 Å². The molecule has 1 aromatic carbocycles. The van der Waals surface area contributed by atoms with Crippen molar-refractivity contribution in [1.82, 2.24) is 5.32 Å². The van der Waals surface area contributed by atoms with Crippen molar-refractivity contribution in [1.29, 1.82) is 0 Å². The third-order valence-corrected chi connectivity index (χ3v) is 1.60. The van der Waals surface area contributed by atoms with Gasteiger partial charge in [0.2, 0.25) is 6.29 Å². The first-order valence-corrected chi connectivity index (χ1v) is 4.29. The van der Waals surface area contributed by atoms with E-state index in [-0.39, 0.29) is 6.03 Å². The molecule has 0 saturated heterocycles. The maximum atomic E-state index is 11.1. The molecule has 1 rings (SSSR count). The molecule has 14 heavy (non-hydrogen) atoms. The van der Waals surface area contributed by atoms with Gasteiger partial charge in [-0.1, -0.05) is 0 Å². The topological polar surface area (TPSA) is 58.2 Å². The molecule has 2 N–H and O–H groups in total. The number of rotatable bonds is 3. The lowest BCUT2D eigenvalue weighted by Crippen LogP contribution is -2.28. The number of benzene rings is 1. The first-order valence-electron chi connectivity index (χ1n) is 4.29. The van der Waals surface area contributed by atoms with E-state index in [0.29, 0.717) is 17.8 Å². The lowest BCUT2D eigenvalue weighted by molar-refractivity contribution is 0.252. The number of carbonyl (C=O) groups excluding carboxylic acids is 2. The second-order valence-electron chi connectivity index (χ2n) is 2.66. The molecule has 0 aromatic heterocycles. The summed E-state index contributed by atoms with van der Waals surface area (Å²) in [5.41, 5.74) is 1.11. The van der Waals surface area contributed by atoms with Crippen molar-refractivity contribution >= 4 is 18.0 Å². The summed E-state index contributed by atoms with van der Waals surface area (Å²) in [6, 6.07) is 6.23. The van der Waals surface area contributed by atoms with E-state index in [4.69, 9.17) is 0 Å². The lowest BCUT2D eigenvalue weighted by atomic mass is 10.2. The van der Waals surface area contributed by atoms with Gasteiger partial charge < -0.3 is 10.6 Å². The van der Waals surface area contributed by atoms with Crippen LogP contribution in [0.1, 0.15) is 12.5 Å². The molecule has 0 unspecified atom stereocenters. The van der Waals surface area contributed by atoms with Crippen molar-refractivity contribution in [3.63, 3.8) is 0 Å². The third kappa shape index (κ3) is 2.90. The van der Waals surface area contributed by atoms with Crippen LogP contribution in [0.5, 0.6) is 0 Å². The first-order chi connectivity index (χ1) is 6.76. The molecular formula is C10H11N2O2. The van der Waals surface area contributed by atoms with Crippen LogP contribution in [0.25, 0.3) is 0 Å². The third-order valence-electron chi connectivity index (χ3n) is 1.60. The van der Waals surface area contributed by atoms with Crippen LogP contribution in [0.2, 0.25) is 0 Å². The minimum Gasteiger partial charge on any atom is -0.338 e. The van der Waals surface area contributed by atoms with Gasteiger partial charge in [-0.25, -0.2) is 4.79 Å². The molecule has 0 spiro atoms. The van der Waals surface area contributed by atoms with Gasteiger partial charge >= 0.3 is 6.03 Å². The predicted molar refractivity (Wildman–Crippen MR) is 53.9 cm³/mol. The first kappa shape index (κ1) is 10.2. The van der Waals surface area contributed by atoms with Gasteiger partial charge in [-0.05, 0) is 31.2 Å². The van der Waals surface area contributed by atoms with Crippen molar-refractivity contribution in [2.45, 2.75) is 6.92 Å². The number of carbonyl (C=O) groups is 1. The number of nitrogens with one attached hydrogen (secondary N) is 2. The van der Waals surface area contributed by atoms with Gasteiger partial charge in [0.1, 0.15) is 0 Å². The molecule has 4 heteroatoms. The standard InChI is InChI=1S/C10H11N2O2/c1-2-11-10(14)12-9-5-3-8(7-13)4-6-9/h3-6H,2H2,1H3,(H2,11,12,14). The minimum absolute atomic E-state index is 0.254. The number of urea groups is 1. The lowest BCUT2D eigenvalue weighted by Gasteiger charge is -2.04. The summed E-state index contributed by atoms with van der Waals surface area (Å²) in [5.74, 6) is 0. The molecule has 0 fully saturated rings. The van der Waals surface area contributed by atoms with Gasteiger partial charge in [-0.3, -0.25) is 4.79 Å². The van der Waals surface area contributed by atoms with Gasteiger partial charge in [0, 0.05) is 17.8 Å². The Morgan fingerprint density at radius 2 is 2.00 bits per heavy atom. The smallest absolute Gasteiger partial charge is 0.319 e. The molecule has 1 radical (unpaired) electrons. The van der Waals surface area contributed by atoms with Crippen molar-refractivity contribution in [3.8, 4) is 0 Å². The number of hydrogen-bond acceptors (Lipinski definition) is 2. The van der Waals surface area contributed by atoms with Crippen LogP contribution in [0.4, 0.5) is 10.5 Å². The van der Waals surface area contributed by atoms with Crippen LogP contribution in [-0.4, -0.2) is 18.9 Å². The summed E-state index contributed by atoms with van der Waals surface area (Å²) in [6.45, 7) is 2.41. The summed E-state index contributed by atoms with van der Waals surface area (Å²) in [4.78, 5) is 21.3. The van der Waals surface area contributed by atoms with E-state index >= 15 is 0 Å². The average Bonchev–Trinajstić information content (AvgIpc) is 2.19. The Bertz CT molecular complexity index is 319. The van der Waals surface area contributed by atoms with Crippen LogP contribution in [0.3, 0.4) is 0 Å². The van der Waals surface area contributed by atoms with E-state index in [1.54, 1.807) is 30.6 Å². The molecule has 0 atom stereocenters. The summed E-state index contributed by atoms with van der Waals surface area (Å²) < 4.78 is 0. The molecule has 0 bridgehead atoms. The molecule has 0 saturated carbocycles. The fourth-order valence-electron chi connectivity index (χ4n) is 0.957. The van der Waals surface area contributed by atoms with Gasteiger partial charge in [-0.2, -0.15) is 0 Å². The number of hydrogen-bond donors (Lipinski definition) is 2. The van der Waals surface area contributed by atoms with Crippen molar-refractivity contribution in [2.75, 3.05) is 11.9 Å². The fourth-order valence-corrected chi connectivity index (χ4v) is 0.957. The van der Waals surface area contributed by atoms with Crippen LogP contribution in [0.15, 0.2) is 24.3 Å². The van der Waals surface area contributed by atoms with Gasteiger partial charge in [0.05, 0.1) is 0 Å². The normalized spacial score (nSPS) is 9.21. The Morgan fingerprint density at radius 3 is 2.50 bits per heavy atom. The molecule has 0 aliphatic heterocycles. The van der Waals surface area contributed by atoms with Crippen molar-refractivity contribution in [3.05, 3.63) is 29.8 Å². The van der Waals surface area contributed by atoms with Gasteiger partial charge in [0.15, 0.2) is 0 Å². The van der Waals surface area contributed by atoms with E-state index < -0.39 is 0 Å². The molecular weight excluding hydrogens is 180 g/mol. The fraction of sp³-hybridized carbons (Fsp3) is 0.200. The highest BCUT2D eigenvalue weighted by atomic mass is 16.2. The van der Waals surface area contributed by atoms with E-state index in [1.807, 2.05) is 6.92 Å². The van der Waals surface area contributed by atoms with E-state index in [0.717, 1.165) is 0 Å². The molecule has 1 aromatic rings. The highest BCUT2D eigenvalue weighted by Crippen LogP contribution is 2.07. The van der Waals surface area contributed by atoms with Crippen molar-refractivity contribution < 1.29 is 9.59 Å². The van der Waals surface area contributed by atoms with Crippen molar-refractivity contribution in [2.24, 2.45) is 0 Å². The minimum atomic E-state index is -0.254. The Labute approximate surface area is 82.3 Å². The Balaban J connectivity index is 2.59. The van der Waals surface area contributed by atoms with Crippen LogP contribution in [0, 0.1) is 0 Å². The number of anilines is 1. The van der Waals surface area contributed by atoms with E-state index in [1.165, 1.54) is 0 Å². The summed E-state index contributed by atoms with van der Waals surface area (Å²) in [5, 5.41) is 5.21. The number of amides is 2. The maximum Gasteiger partial charge on any atom is 0.319 e. The largest absolute Gasteiger partial charge is 0.338 e. The zero-order valence-corrected chi connectivity index (χ0v) is 7.83. The highest BCUT2D eigenvalue weighted by Gasteiger charge is 1.98. The van der Waals surface area contributed by atoms with Crippen LogP contribution < -0.4 is 10.6 Å². The van der Waals surface area contributed by atoms with Crippen LogP contribution in [-0.2, 0) is 4.79 Å². The Hall–Kier alpha value is -1.84. The van der Waals surface area contributed by atoms with E-state index in [9.17, 15) is 9.59 Å². The highest BCUT2D eigenvalue weighted by molar-refractivity contribution is 5.89. The predicted octanol–water partition coefficient (Wildman–Crippen LogP) is 1.29. The van der Waals surface area contributed by atoms with Gasteiger partial charge in [0.25, 0.3) is 0 Å². The molecule has 73 valence electrons. The Morgan fingerprint density at radius 1 is 1.36 bits per heavy atom. The zero-order valence-electron chi connectivity index (χ0n) is 7.83. The second-order valence-corrected chi connectivity index (χ2v) is 2.66. The summed E-state index contributed by atoms with van der Waals surface area (Å²) in [6.07, 6.45) is 1.75. The second kappa shape index (κ2) is 5.01. The van der Waals surface area contributed by atoms with Crippen LogP contribution >= 0.6 is 0 Å². The summed E-state index contributed by atoms with van der Waals surface area (Å²) in [7, 11) is 0. The SMILES string of the molecule is CCNC(=O)Nc1ccc([C]=O)cc1. The molecule has 2 amide bonds. The Kier molecular flexibility index (Phi) is 3.67. The van der Waals surface area contributed by atoms with E-state index in [2.05, 4.69) is 10.6 Å². The molecule has 4 nitrogen and oxygen atoms in total. The quantitative estimate of drug-likeness (QED) is 0.756. The molecule has 0 aliphatic carbocycles. The summed E-state index contributed by atoms with van der Waals surface area (Å²) >= 11 is 0. The molecule has 0 aliphatic rings. The maximum absolute atomic E-state index is 11.1. The molecule has 0 heterocycles. The monoisotopic (exact) mass is 191 g/mol. The zero-order chi connectivity index (χ0) is 10.4.